The van der Waals surface area contributed by atoms with Crippen LogP contribution in [0.1, 0.15) is 32.3 Å². The molecule has 146 valence electrons. The third kappa shape index (κ3) is 4.88. The Kier molecular flexibility index (Phi) is 6.45. The van der Waals surface area contributed by atoms with Crippen LogP contribution in [0, 0.1) is 0 Å². The fourth-order valence-corrected chi connectivity index (χ4v) is 3.14. The largest absolute Gasteiger partial charge is 1.00 e. The predicted octanol–water partition coefficient (Wildman–Crippen LogP) is 0.403. The van der Waals surface area contributed by atoms with E-state index in [-0.39, 0.29) is 54.6 Å². The van der Waals surface area contributed by atoms with E-state index < -0.39 is 11.5 Å². The summed E-state index contributed by atoms with van der Waals surface area (Å²) in [5.74, 6) is 0.700. The third-order valence-electron chi connectivity index (χ3n) is 4.51. The van der Waals surface area contributed by atoms with Gasteiger partial charge in [0.1, 0.15) is 11.8 Å². The van der Waals surface area contributed by atoms with Gasteiger partial charge in [0.2, 0.25) is 11.8 Å². The van der Waals surface area contributed by atoms with Gasteiger partial charge in [0, 0.05) is 48.8 Å². The maximum Gasteiger partial charge on any atom is 1.00 e. The van der Waals surface area contributed by atoms with Crippen LogP contribution in [0.15, 0.2) is 47.2 Å². The van der Waals surface area contributed by atoms with E-state index in [1.807, 2.05) is 13.8 Å². The second-order valence-electron chi connectivity index (χ2n) is 7.08. The van der Waals surface area contributed by atoms with Crippen LogP contribution in [-0.4, -0.2) is 27.3 Å². The summed E-state index contributed by atoms with van der Waals surface area (Å²) in [5.41, 5.74) is -0.308. The van der Waals surface area contributed by atoms with E-state index in [0.717, 1.165) is 0 Å². The fourth-order valence-electron chi connectivity index (χ4n) is 3.14. The summed E-state index contributed by atoms with van der Waals surface area (Å²) in [5, 5.41) is 14.4. The van der Waals surface area contributed by atoms with Crippen molar-refractivity contribution in [1.29, 1.82) is 0 Å². The van der Waals surface area contributed by atoms with E-state index in [2.05, 4.69) is 15.1 Å². The molecular formula is C20H19FN3NaO4. The molecule has 4 rings (SSSR count). The van der Waals surface area contributed by atoms with E-state index in [1.165, 1.54) is 12.3 Å². The van der Waals surface area contributed by atoms with Gasteiger partial charge < -0.3 is 19.1 Å². The van der Waals surface area contributed by atoms with Crippen molar-refractivity contribution in [1.82, 2.24) is 15.1 Å². The van der Waals surface area contributed by atoms with Gasteiger partial charge in [-0.25, -0.2) is 14.4 Å². The van der Waals surface area contributed by atoms with Crippen LogP contribution < -0.4 is 44.1 Å². The van der Waals surface area contributed by atoms with Gasteiger partial charge in [0.25, 0.3) is 0 Å². The van der Waals surface area contributed by atoms with Crippen molar-refractivity contribution in [3.05, 3.63) is 48.3 Å². The smallest absolute Gasteiger partial charge is 0.856 e. The molecule has 1 fully saturated rings. The minimum Gasteiger partial charge on any atom is -0.856 e. The summed E-state index contributed by atoms with van der Waals surface area (Å²) in [6.07, 6.45) is 3.23. The van der Waals surface area contributed by atoms with Crippen LogP contribution in [-0.2, 0) is 5.67 Å². The first-order valence-electron chi connectivity index (χ1n) is 9.00. The fraction of sp³-hybridized carbons (Fsp3) is 0.350. The minimum absolute atomic E-state index is 0. The van der Waals surface area contributed by atoms with E-state index in [1.54, 1.807) is 30.5 Å². The van der Waals surface area contributed by atoms with E-state index >= 15 is 4.39 Å². The Morgan fingerprint density at radius 3 is 2.59 bits per heavy atom. The Hall–Kier alpha value is -2.16. The number of halogens is 1. The van der Waals surface area contributed by atoms with Crippen molar-refractivity contribution in [2.75, 3.05) is 0 Å². The minimum atomic E-state index is -1.47. The number of hydrogen-bond donors (Lipinski definition) is 0. The summed E-state index contributed by atoms with van der Waals surface area (Å²) in [6, 6.07) is 7.96. The van der Waals surface area contributed by atoms with E-state index in [9.17, 15) is 5.11 Å². The zero-order chi connectivity index (χ0) is 19.7. The monoisotopic (exact) mass is 407 g/mol. The molecule has 0 bridgehead atoms. The Morgan fingerprint density at radius 1 is 1.17 bits per heavy atom. The molecule has 0 atom stereocenters. The average Bonchev–Trinajstić information content (AvgIpc) is 3.07. The molecular weight excluding hydrogens is 388 g/mol. The molecule has 0 amide bonds. The predicted molar refractivity (Wildman–Crippen MR) is 95.6 cm³/mol. The second-order valence-corrected chi connectivity index (χ2v) is 7.08. The van der Waals surface area contributed by atoms with Crippen molar-refractivity contribution in [3.63, 3.8) is 0 Å². The molecule has 0 N–H and O–H groups in total. The first kappa shape index (κ1) is 21.5. The van der Waals surface area contributed by atoms with Crippen LogP contribution in [0.4, 0.5) is 4.39 Å². The molecule has 7 nitrogen and oxygen atoms in total. The maximum absolute atomic E-state index is 15.2. The molecule has 3 heterocycles. The van der Waals surface area contributed by atoms with E-state index in [0.29, 0.717) is 28.6 Å². The van der Waals surface area contributed by atoms with E-state index in [4.69, 9.17) is 14.0 Å². The van der Waals surface area contributed by atoms with Gasteiger partial charge in [-0.2, -0.15) is 0 Å². The number of rotatable bonds is 6. The number of alkyl halides is 1. The van der Waals surface area contributed by atoms with Crippen molar-refractivity contribution in [3.8, 4) is 29.0 Å². The van der Waals surface area contributed by atoms with Crippen LogP contribution in [0.5, 0.6) is 17.6 Å². The average molecular weight is 407 g/mol. The topological polar surface area (TPSA) is 93.3 Å². The van der Waals surface area contributed by atoms with Crippen LogP contribution >= 0.6 is 0 Å². The zero-order valence-electron chi connectivity index (χ0n) is 16.5. The van der Waals surface area contributed by atoms with Gasteiger partial charge in [0.15, 0.2) is 5.76 Å². The summed E-state index contributed by atoms with van der Waals surface area (Å²) in [4.78, 5) is 8.30. The van der Waals surface area contributed by atoms with Crippen LogP contribution in [0.2, 0.25) is 0 Å². The summed E-state index contributed by atoms with van der Waals surface area (Å²) >= 11 is 0. The first-order valence-corrected chi connectivity index (χ1v) is 9.00. The molecule has 0 spiro atoms. The van der Waals surface area contributed by atoms with Gasteiger partial charge in [-0.1, -0.05) is 5.16 Å². The standard InChI is InChI=1S/C20H20FN3O4.Na/c1-12(2)26-19-7-14(5-6-22-19)20(21)9-15(10-20)27-18-4-3-13(11-23-18)16-8-17(25)24-28-16;/h3-8,11-12,15H,9-10H2,1-2H3,(H,24,25);/q;+1/p-1/t15-,20+;. The molecule has 0 aromatic carbocycles. The number of aromatic nitrogens is 3. The van der Waals surface area contributed by atoms with Gasteiger partial charge in [0.05, 0.1) is 6.10 Å². The Balaban J connectivity index is 0.00000240. The molecule has 0 aliphatic heterocycles. The number of ether oxygens (including phenoxy) is 2. The number of pyridine rings is 2. The zero-order valence-corrected chi connectivity index (χ0v) is 18.5. The molecule has 3 aromatic rings. The summed E-state index contributed by atoms with van der Waals surface area (Å²) < 4.78 is 31.4. The third-order valence-corrected chi connectivity index (χ3v) is 4.51. The molecule has 0 saturated heterocycles. The van der Waals surface area contributed by atoms with Crippen molar-refractivity contribution in [2.45, 2.75) is 44.6 Å². The van der Waals surface area contributed by atoms with Gasteiger partial charge in [-0.15, -0.1) is 0 Å². The van der Waals surface area contributed by atoms with Crippen LogP contribution in [0.3, 0.4) is 0 Å². The molecule has 1 saturated carbocycles. The van der Waals surface area contributed by atoms with Crippen molar-refractivity contribution in [2.24, 2.45) is 0 Å². The van der Waals surface area contributed by atoms with Gasteiger partial charge in [-0.3, -0.25) is 0 Å². The van der Waals surface area contributed by atoms with Crippen molar-refractivity contribution < 1.29 is 53.1 Å². The maximum atomic E-state index is 15.2. The van der Waals surface area contributed by atoms with Gasteiger partial charge >= 0.3 is 29.6 Å². The Bertz CT molecular complexity index is 958. The number of hydrogen-bond acceptors (Lipinski definition) is 7. The molecule has 1 aliphatic carbocycles. The normalized spacial score (nSPS) is 20.6. The molecule has 29 heavy (non-hydrogen) atoms. The molecule has 9 heteroatoms. The summed E-state index contributed by atoms with van der Waals surface area (Å²) in [7, 11) is 0. The Labute approximate surface area is 189 Å². The summed E-state index contributed by atoms with van der Waals surface area (Å²) in [6.45, 7) is 3.79. The molecule has 1 aliphatic rings. The SMILES string of the molecule is CC(C)Oc1cc([C@]2(F)C[C@@H](Oc3ccc(-c4cc([O-])no4)cn3)C2)ccn1.[Na+]. The van der Waals surface area contributed by atoms with Crippen LogP contribution in [0.25, 0.3) is 11.3 Å². The quantitative estimate of drug-likeness (QED) is 0.546. The Morgan fingerprint density at radius 2 is 1.97 bits per heavy atom. The van der Waals surface area contributed by atoms with Crippen molar-refractivity contribution >= 4 is 0 Å². The number of nitrogens with zero attached hydrogens (tertiary/aromatic N) is 3. The second kappa shape index (κ2) is 8.69. The molecule has 3 aromatic heterocycles. The molecule has 0 unspecified atom stereocenters. The first-order chi connectivity index (χ1) is 13.4. The van der Waals surface area contributed by atoms with Gasteiger partial charge in [-0.05, 0) is 37.6 Å². The molecule has 0 radical (unpaired) electrons.